The molecule has 9 heavy (non-hydrogen) atoms. The Bertz CT molecular complexity index is 168. The summed E-state index contributed by atoms with van der Waals surface area (Å²) in [7, 11) is -5.84. The average Bonchev–Trinajstić information content (AvgIpc) is 1.25. The van der Waals surface area contributed by atoms with Crippen molar-refractivity contribution in [3.05, 3.63) is 0 Å². The predicted molar refractivity (Wildman–Crippen MR) is 17.6 cm³/mol. The van der Waals surface area contributed by atoms with Crippen LogP contribution < -0.4 is 0 Å². The Morgan fingerprint density at radius 3 is 1.33 bits per heavy atom. The molecule has 0 fully saturated rings. The van der Waals surface area contributed by atoms with Gasteiger partial charge >= 0.3 is 53.8 Å². The van der Waals surface area contributed by atoms with E-state index in [1.165, 1.54) is 0 Å². The summed E-state index contributed by atoms with van der Waals surface area (Å²) in [5.41, 5.74) is -5.53. The summed E-state index contributed by atoms with van der Waals surface area (Å²) < 4.78 is 57.5. The van der Waals surface area contributed by atoms with Crippen LogP contribution >= 0.6 is 0 Å². The predicted octanol–water partition coefficient (Wildman–Crippen LogP) is 0.394. The van der Waals surface area contributed by atoms with E-state index in [-0.39, 0.29) is 38.2 Å². The van der Waals surface area contributed by atoms with Gasteiger partial charge in [-0.3, -0.25) is 4.55 Å². The van der Waals surface area contributed by atoms with Gasteiger partial charge < -0.3 is 0 Å². The Labute approximate surface area is 79.4 Å². The molecule has 0 aromatic carbocycles. The van der Waals surface area contributed by atoms with Crippen LogP contribution in [0.25, 0.3) is 0 Å². The molecule has 0 aliphatic heterocycles. The number of hydrogen-bond acceptors (Lipinski definition) is 2. The molecule has 57 valence electrons. The molecular weight excluding hydrogens is 312 g/mol. The van der Waals surface area contributed by atoms with Gasteiger partial charge in [0.15, 0.2) is 0 Å². The molecule has 0 rings (SSSR count). The van der Waals surface area contributed by atoms with Crippen LogP contribution in [0.2, 0.25) is 0 Å². The zero-order chi connectivity index (χ0) is 7.00. The minimum absolute atomic E-state index is 0. The van der Waals surface area contributed by atoms with E-state index in [9.17, 15) is 13.2 Å². The maximum absolute atomic E-state index is 10.7. The van der Waals surface area contributed by atoms with E-state index >= 15 is 0 Å². The fraction of sp³-hybridized carbons (Fsp3) is 1.00. The molecule has 0 atom stereocenters. The first-order valence-electron chi connectivity index (χ1n) is 1.29. The van der Waals surface area contributed by atoms with Crippen molar-refractivity contribution in [1.29, 1.82) is 0 Å². The van der Waals surface area contributed by atoms with E-state index in [0.717, 1.165) is 0 Å². The minimum atomic E-state index is -5.84. The van der Waals surface area contributed by atoms with Crippen LogP contribution in [0.5, 0.6) is 0 Å². The summed E-state index contributed by atoms with van der Waals surface area (Å²) in [6.07, 6.45) is 0. The minimum Gasteiger partial charge on any atom is -0.279 e. The van der Waals surface area contributed by atoms with Crippen LogP contribution in [0.15, 0.2) is 0 Å². The fourth-order valence-electron chi connectivity index (χ4n) is 0. The number of alkyl halides is 3. The molecular formula is CHDyF3O3S+3. The Balaban J connectivity index is 0. The van der Waals surface area contributed by atoms with Crippen LogP contribution in [0.3, 0.4) is 0 Å². The molecule has 3 nitrogen and oxygen atoms in total. The molecule has 0 aliphatic rings. The molecule has 0 aliphatic carbocycles. The third kappa shape index (κ3) is 4.39. The molecule has 8 heteroatoms. The Kier molecular flexibility index (Phi) is 4.76. The van der Waals surface area contributed by atoms with E-state index in [1.807, 2.05) is 0 Å². The zero-order valence-corrected chi connectivity index (χ0v) is 6.47. The molecule has 0 heterocycles. The van der Waals surface area contributed by atoms with Crippen LogP contribution in [0.1, 0.15) is 0 Å². The standard InChI is InChI=1S/CHF3O3S.Dy/c2-1(3,4)8(5,6)7;/h(H,5,6,7);/q;+3. The van der Waals surface area contributed by atoms with Gasteiger partial charge in [-0.25, -0.2) is 0 Å². The average molecular weight is 313 g/mol. The number of rotatable bonds is 0. The summed E-state index contributed by atoms with van der Waals surface area (Å²) >= 11 is 0. The second-order valence-corrected chi connectivity index (χ2v) is 2.33. The molecule has 0 aromatic rings. The second kappa shape index (κ2) is 3.39. The topological polar surface area (TPSA) is 54.4 Å². The summed E-state index contributed by atoms with van der Waals surface area (Å²) in [5.74, 6) is 0. The molecule has 0 aromatic heterocycles. The molecule has 1 radical (unpaired) electrons. The molecule has 0 unspecified atom stereocenters. The number of halogens is 3. The van der Waals surface area contributed by atoms with Crippen molar-refractivity contribution >= 4 is 10.1 Å². The smallest absolute Gasteiger partial charge is 0.279 e. The van der Waals surface area contributed by atoms with Gasteiger partial charge in [-0.1, -0.05) is 0 Å². The first-order chi connectivity index (χ1) is 3.25. The first kappa shape index (κ1) is 12.6. The second-order valence-electron chi connectivity index (χ2n) is 0.921. The van der Waals surface area contributed by atoms with Crippen molar-refractivity contribution in [2.75, 3.05) is 0 Å². The van der Waals surface area contributed by atoms with Gasteiger partial charge in [0.05, 0.1) is 0 Å². The van der Waals surface area contributed by atoms with Crippen molar-refractivity contribution in [2.24, 2.45) is 0 Å². The summed E-state index contributed by atoms with van der Waals surface area (Å²) in [4.78, 5) is 0. The Morgan fingerprint density at radius 2 is 1.33 bits per heavy atom. The molecule has 1 N–H and O–H groups in total. The third-order valence-electron chi connectivity index (χ3n) is 0.292. The van der Waals surface area contributed by atoms with E-state index in [1.54, 1.807) is 0 Å². The zero-order valence-electron chi connectivity index (χ0n) is 3.62. The van der Waals surface area contributed by atoms with Gasteiger partial charge in [0.25, 0.3) is 0 Å². The van der Waals surface area contributed by atoms with Gasteiger partial charge in [0.2, 0.25) is 0 Å². The van der Waals surface area contributed by atoms with Gasteiger partial charge in [-0.15, -0.1) is 0 Å². The van der Waals surface area contributed by atoms with Gasteiger partial charge in [-0.05, 0) is 0 Å². The van der Waals surface area contributed by atoms with Crippen LogP contribution in [0.4, 0.5) is 13.2 Å². The summed E-state index contributed by atoms with van der Waals surface area (Å²) in [5, 5.41) is 0. The molecule has 0 spiro atoms. The van der Waals surface area contributed by atoms with Gasteiger partial charge in [-0.2, -0.15) is 21.6 Å². The van der Waals surface area contributed by atoms with Crippen LogP contribution in [0, 0.1) is 38.2 Å². The van der Waals surface area contributed by atoms with Crippen molar-refractivity contribution in [2.45, 2.75) is 5.51 Å². The van der Waals surface area contributed by atoms with Gasteiger partial charge in [0, 0.05) is 0 Å². The SMILES string of the molecule is O=S(=O)(O)C(F)(F)F.[Dy+3]. The summed E-state index contributed by atoms with van der Waals surface area (Å²) in [6.45, 7) is 0. The van der Waals surface area contributed by atoms with Crippen molar-refractivity contribution in [3.63, 3.8) is 0 Å². The van der Waals surface area contributed by atoms with Crippen LogP contribution in [-0.4, -0.2) is 18.5 Å². The number of hydrogen-bond donors (Lipinski definition) is 1. The third-order valence-corrected chi connectivity index (χ3v) is 0.877. The molecule has 0 saturated carbocycles. The fourth-order valence-corrected chi connectivity index (χ4v) is 0. The maximum atomic E-state index is 10.7. The summed E-state index contributed by atoms with van der Waals surface area (Å²) in [6, 6.07) is 0. The van der Waals surface area contributed by atoms with Gasteiger partial charge in [0.1, 0.15) is 0 Å². The van der Waals surface area contributed by atoms with E-state index < -0.39 is 15.6 Å². The Morgan fingerprint density at radius 1 is 1.22 bits per heavy atom. The normalized spacial score (nSPS) is 12.4. The largest absolute Gasteiger partial charge is 3.00 e. The Hall–Kier alpha value is 0.973. The van der Waals surface area contributed by atoms with Crippen molar-refractivity contribution in [1.82, 2.24) is 0 Å². The molecule has 0 bridgehead atoms. The molecule has 0 amide bonds. The van der Waals surface area contributed by atoms with E-state index in [0.29, 0.717) is 0 Å². The quantitative estimate of drug-likeness (QED) is 0.520. The van der Waals surface area contributed by atoms with Crippen LogP contribution in [-0.2, 0) is 10.1 Å². The van der Waals surface area contributed by atoms with E-state index in [2.05, 4.69) is 0 Å². The molecule has 0 saturated heterocycles. The van der Waals surface area contributed by atoms with Crippen molar-refractivity contribution < 1.29 is 64.3 Å². The van der Waals surface area contributed by atoms with E-state index in [4.69, 9.17) is 13.0 Å². The monoisotopic (exact) mass is 314 g/mol. The maximum Gasteiger partial charge on any atom is 3.00 e. The van der Waals surface area contributed by atoms with Crippen molar-refractivity contribution in [3.8, 4) is 0 Å². The first-order valence-corrected chi connectivity index (χ1v) is 2.73.